The molecule has 2 heterocycles. The second-order valence-corrected chi connectivity index (χ2v) is 4.67. The number of thiophene rings is 1. The Labute approximate surface area is 97.5 Å². The van der Waals surface area contributed by atoms with Crippen molar-refractivity contribution in [2.45, 2.75) is 25.3 Å². The number of amides is 1. The van der Waals surface area contributed by atoms with E-state index in [-0.39, 0.29) is 5.91 Å². The topological polar surface area (TPSA) is 57.6 Å². The number of nitrogens with zero attached hydrogens (tertiary/aromatic N) is 1. The molecule has 0 spiro atoms. The van der Waals surface area contributed by atoms with Crippen LogP contribution >= 0.6 is 11.3 Å². The van der Waals surface area contributed by atoms with Crippen molar-refractivity contribution < 1.29 is 14.7 Å². The molecule has 1 amide bonds. The van der Waals surface area contributed by atoms with Crippen LogP contribution in [-0.2, 0) is 16.0 Å². The predicted molar refractivity (Wildman–Crippen MR) is 60.4 cm³/mol. The van der Waals surface area contributed by atoms with Crippen LogP contribution in [0.4, 0.5) is 0 Å². The third-order valence-electron chi connectivity index (χ3n) is 2.79. The van der Waals surface area contributed by atoms with Gasteiger partial charge in [0.15, 0.2) is 0 Å². The van der Waals surface area contributed by atoms with E-state index in [1.807, 2.05) is 16.8 Å². The number of hydrogen-bond acceptors (Lipinski definition) is 3. The molecule has 0 aliphatic carbocycles. The van der Waals surface area contributed by atoms with E-state index in [0.29, 0.717) is 19.4 Å². The molecular weight excluding hydrogens is 226 g/mol. The molecule has 4 nitrogen and oxygen atoms in total. The van der Waals surface area contributed by atoms with E-state index in [2.05, 4.69) is 0 Å². The Kier molecular flexibility index (Phi) is 3.24. The molecule has 5 heteroatoms. The van der Waals surface area contributed by atoms with E-state index in [0.717, 1.165) is 12.0 Å². The first-order chi connectivity index (χ1) is 7.68. The molecule has 1 atom stereocenters. The monoisotopic (exact) mass is 239 g/mol. The van der Waals surface area contributed by atoms with Crippen LogP contribution in [0, 0.1) is 0 Å². The number of aliphatic carboxylic acids is 1. The maximum atomic E-state index is 11.9. The van der Waals surface area contributed by atoms with Crippen LogP contribution in [0.3, 0.4) is 0 Å². The molecule has 0 radical (unpaired) electrons. The highest BCUT2D eigenvalue weighted by molar-refractivity contribution is 7.07. The minimum atomic E-state index is -0.892. The lowest BCUT2D eigenvalue weighted by molar-refractivity contribution is -0.147. The highest BCUT2D eigenvalue weighted by atomic mass is 32.1. The summed E-state index contributed by atoms with van der Waals surface area (Å²) in [5, 5.41) is 12.8. The molecule has 1 N–H and O–H groups in total. The van der Waals surface area contributed by atoms with Crippen molar-refractivity contribution in [2.24, 2.45) is 0 Å². The second-order valence-electron chi connectivity index (χ2n) is 3.89. The third kappa shape index (κ3) is 2.24. The van der Waals surface area contributed by atoms with E-state index in [1.165, 1.54) is 4.90 Å². The summed E-state index contributed by atoms with van der Waals surface area (Å²) in [6.45, 7) is 0.569. The fourth-order valence-corrected chi connectivity index (χ4v) is 2.66. The van der Waals surface area contributed by atoms with E-state index >= 15 is 0 Å². The number of carbonyl (C=O) groups excluding carboxylic acids is 1. The summed E-state index contributed by atoms with van der Waals surface area (Å²) >= 11 is 1.54. The van der Waals surface area contributed by atoms with Gasteiger partial charge in [-0.3, -0.25) is 4.79 Å². The summed E-state index contributed by atoms with van der Waals surface area (Å²) in [5.74, 6) is -0.973. The summed E-state index contributed by atoms with van der Waals surface area (Å²) in [5.41, 5.74) is 0.964. The molecule has 1 aromatic rings. The standard InChI is InChI=1S/C11H13NO3S/c13-10(6-8-3-5-16-7-8)12-4-1-2-9(12)11(14)15/h3,5,7,9H,1-2,4,6H2,(H,14,15)/t9-/m1/s1. The zero-order valence-corrected chi connectivity index (χ0v) is 9.57. The molecule has 1 aliphatic heterocycles. The van der Waals surface area contributed by atoms with Gasteiger partial charge in [-0.1, -0.05) is 0 Å². The maximum Gasteiger partial charge on any atom is 0.326 e. The second kappa shape index (κ2) is 4.65. The molecule has 1 aliphatic rings. The van der Waals surface area contributed by atoms with Gasteiger partial charge in [0.05, 0.1) is 6.42 Å². The Bertz CT molecular complexity index is 388. The van der Waals surface area contributed by atoms with E-state index in [9.17, 15) is 9.59 Å². The van der Waals surface area contributed by atoms with Crippen molar-refractivity contribution >= 4 is 23.2 Å². The first-order valence-corrected chi connectivity index (χ1v) is 6.16. The van der Waals surface area contributed by atoms with Crippen LogP contribution in [0.15, 0.2) is 16.8 Å². The van der Waals surface area contributed by atoms with Crippen molar-refractivity contribution in [2.75, 3.05) is 6.54 Å². The molecule has 0 unspecified atom stereocenters. The Morgan fingerprint density at radius 2 is 2.38 bits per heavy atom. The van der Waals surface area contributed by atoms with Gasteiger partial charge in [0.25, 0.3) is 0 Å². The summed E-state index contributed by atoms with van der Waals surface area (Å²) in [4.78, 5) is 24.3. The number of hydrogen-bond donors (Lipinski definition) is 1. The number of rotatable bonds is 3. The Balaban J connectivity index is 2.01. The maximum absolute atomic E-state index is 11.9. The first-order valence-electron chi connectivity index (χ1n) is 5.22. The largest absolute Gasteiger partial charge is 0.480 e. The SMILES string of the molecule is O=C(O)[C@H]1CCCN1C(=O)Cc1ccsc1. The predicted octanol–water partition coefficient (Wildman–Crippen LogP) is 1.37. The minimum Gasteiger partial charge on any atom is -0.480 e. The smallest absolute Gasteiger partial charge is 0.326 e. The molecule has 0 aromatic carbocycles. The first kappa shape index (κ1) is 11.1. The molecule has 86 valence electrons. The summed E-state index contributed by atoms with van der Waals surface area (Å²) < 4.78 is 0. The molecule has 0 bridgehead atoms. The summed E-state index contributed by atoms with van der Waals surface area (Å²) in [6.07, 6.45) is 1.67. The van der Waals surface area contributed by atoms with Crippen LogP contribution in [0.25, 0.3) is 0 Å². The van der Waals surface area contributed by atoms with E-state index in [4.69, 9.17) is 5.11 Å². The normalized spacial score (nSPS) is 20.0. The highest BCUT2D eigenvalue weighted by Crippen LogP contribution is 2.19. The zero-order valence-electron chi connectivity index (χ0n) is 8.76. The quantitative estimate of drug-likeness (QED) is 0.866. The van der Waals surface area contributed by atoms with E-state index in [1.54, 1.807) is 11.3 Å². The molecule has 1 aromatic heterocycles. The Morgan fingerprint density at radius 3 is 3.00 bits per heavy atom. The lowest BCUT2D eigenvalue weighted by atomic mass is 10.2. The Morgan fingerprint density at radius 1 is 1.56 bits per heavy atom. The van der Waals surface area contributed by atoms with Gasteiger partial charge in [-0.15, -0.1) is 0 Å². The molecule has 1 saturated heterocycles. The number of carbonyl (C=O) groups is 2. The number of carboxylic acids is 1. The van der Waals surface area contributed by atoms with Gasteiger partial charge in [0.1, 0.15) is 6.04 Å². The van der Waals surface area contributed by atoms with Gasteiger partial charge in [0, 0.05) is 6.54 Å². The molecule has 1 fully saturated rings. The third-order valence-corrected chi connectivity index (χ3v) is 3.53. The van der Waals surface area contributed by atoms with Crippen molar-refractivity contribution in [3.63, 3.8) is 0 Å². The van der Waals surface area contributed by atoms with Crippen molar-refractivity contribution in [3.8, 4) is 0 Å². The van der Waals surface area contributed by atoms with Gasteiger partial charge >= 0.3 is 5.97 Å². The number of carboxylic acid groups (broad SMARTS) is 1. The summed E-state index contributed by atoms with van der Waals surface area (Å²) in [6, 6.07) is 1.28. The summed E-state index contributed by atoms with van der Waals surface area (Å²) in [7, 11) is 0. The minimum absolute atomic E-state index is 0.0803. The van der Waals surface area contributed by atoms with Crippen LogP contribution in [0.1, 0.15) is 18.4 Å². The van der Waals surface area contributed by atoms with Crippen molar-refractivity contribution in [3.05, 3.63) is 22.4 Å². The van der Waals surface area contributed by atoms with Gasteiger partial charge in [-0.05, 0) is 35.2 Å². The van der Waals surface area contributed by atoms with Crippen LogP contribution < -0.4 is 0 Å². The molecule has 16 heavy (non-hydrogen) atoms. The average molecular weight is 239 g/mol. The van der Waals surface area contributed by atoms with Gasteiger partial charge < -0.3 is 10.0 Å². The lowest BCUT2D eigenvalue weighted by Crippen LogP contribution is -2.41. The van der Waals surface area contributed by atoms with Gasteiger partial charge in [-0.2, -0.15) is 11.3 Å². The van der Waals surface area contributed by atoms with Gasteiger partial charge in [0.2, 0.25) is 5.91 Å². The van der Waals surface area contributed by atoms with Crippen LogP contribution in [0.2, 0.25) is 0 Å². The lowest BCUT2D eigenvalue weighted by Gasteiger charge is -2.21. The Hall–Kier alpha value is -1.36. The van der Waals surface area contributed by atoms with Crippen LogP contribution in [0.5, 0.6) is 0 Å². The van der Waals surface area contributed by atoms with Crippen molar-refractivity contribution in [1.82, 2.24) is 4.90 Å². The molecule has 0 saturated carbocycles. The zero-order chi connectivity index (χ0) is 11.5. The number of likely N-dealkylation sites (tertiary alicyclic amines) is 1. The van der Waals surface area contributed by atoms with Crippen molar-refractivity contribution in [1.29, 1.82) is 0 Å². The molecular formula is C11H13NO3S. The fourth-order valence-electron chi connectivity index (χ4n) is 1.99. The fraction of sp³-hybridized carbons (Fsp3) is 0.455. The molecule has 2 rings (SSSR count). The van der Waals surface area contributed by atoms with E-state index < -0.39 is 12.0 Å². The van der Waals surface area contributed by atoms with Crippen LogP contribution in [-0.4, -0.2) is 34.5 Å². The van der Waals surface area contributed by atoms with Gasteiger partial charge in [-0.25, -0.2) is 4.79 Å². The average Bonchev–Trinajstić information content (AvgIpc) is 2.86. The highest BCUT2D eigenvalue weighted by Gasteiger charge is 2.33.